The van der Waals surface area contributed by atoms with Crippen molar-refractivity contribution in [1.82, 2.24) is 5.32 Å². The molecule has 0 fully saturated rings. The quantitative estimate of drug-likeness (QED) is 0.264. The number of hydrogen-bond donors (Lipinski definition) is 2. The Morgan fingerprint density at radius 2 is 1.82 bits per heavy atom. The predicted octanol–water partition coefficient (Wildman–Crippen LogP) is 6.81. The van der Waals surface area contributed by atoms with E-state index in [4.69, 9.17) is 5.73 Å². The van der Waals surface area contributed by atoms with Crippen molar-refractivity contribution in [2.75, 3.05) is 13.6 Å². The summed E-state index contributed by atoms with van der Waals surface area (Å²) < 4.78 is 0. The van der Waals surface area contributed by atoms with Gasteiger partial charge in [-0.2, -0.15) is 0 Å². The monoisotopic (exact) mass is 442 g/mol. The molecule has 1 atom stereocenters. The standard InChI is InChI=1S/C31H42N2/c1-6-11-29-23-28(17-16-27-12-9-8-10-13-27)18-19-30(29)22-26(7-2)15-14-25(3)20-21-31(4,24-32)33-5/h8-15,18-19,23,33H,1,7,16-17,20-22,24,32H2,2-5H3/b25-14+,26-15+. The third-order valence-electron chi connectivity index (χ3n) is 6.61. The summed E-state index contributed by atoms with van der Waals surface area (Å²) in [7, 11) is 1.99. The summed E-state index contributed by atoms with van der Waals surface area (Å²) in [4.78, 5) is 0. The van der Waals surface area contributed by atoms with E-state index in [2.05, 4.69) is 99.1 Å². The van der Waals surface area contributed by atoms with E-state index in [-0.39, 0.29) is 5.54 Å². The summed E-state index contributed by atoms with van der Waals surface area (Å²) in [5.74, 6) is 0. The summed E-state index contributed by atoms with van der Waals surface area (Å²) in [5, 5.41) is 3.35. The molecule has 0 heterocycles. The summed E-state index contributed by atoms with van der Waals surface area (Å²) in [5.41, 5.74) is 17.0. The van der Waals surface area contributed by atoms with Crippen molar-refractivity contribution in [2.45, 2.75) is 64.8 Å². The average molecular weight is 443 g/mol. The van der Waals surface area contributed by atoms with E-state index >= 15 is 0 Å². The van der Waals surface area contributed by atoms with Crippen molar-refractivity contribution in [1.29, 1.82) is 0 Å². The average Bonchev–Trinajstić information content (AvgIpc) is 2.85. The lowest BCUT2D eigenvalue weighted by Crippen LogP contribution is -2.46. The normalized spacial score (nSPS) is 14.0. The van der Waals surface area contributed by atoms with Crippen LogP contribution in [-0.4, -0.2) is 19.1 Å². The molecular formula is C31H42N2. The molecule has 3 N–H and O–H groups in total. The molecule has 2 aromatic carbocycles. The Balaban J connectivity index is 2.10. The molecule has 0 spiro atoms. The van der Waals surface area contributed by atoms with Gasteiger partial charge < -0.3 is 11.1 Å². The largest absolute Gasteiger partial charge is 0.329 e. The van der Waals surface area contributed by atoms with Gasteiger partial charge in [-0.1, -0.05) is 85.3 Å². The first-order valence-corrected chi connectivity index (χ1v) is 12.2. The molecule has 0 amide bonds. The minimum atomic E-state index is 0.000577. The maximum Gasteiger partial charge on any atom is 0.0275 e. The van der Waals surface area contributed by atoms with Crippen LogP contribution >= 0.6 is 0 Å². The highest BCUT2D eigenvalue weighted by molar-refractivity contribution is 5.55. The van der Waals surface area contributed by atoms with Gasteiger partial charge in [0.15, 0.2) is 0 Å². The molecule has 0 aromatic heterocycles. The number of allylic oxidation sites excluding steroid dienone is 4. The van der Waals surface area contributed by atoms with Gasteiger partial charge in [0.25, 0.3) is 0 Å². The zero-order chi connectivity index (χ0) is 24.1. The van der Waals surface area contributed by atoms with Crippen molar-refractivity contribution >= 4 is 6.08 Å². The molecule has 0 bridgehead atoms. The Hall–Kier alpha value is -2.64. The molecule has 0 saturated carbocycles. The molecule has 0 aliphatic carbocycles. The maximum atomic E-state index is 5.92. The number of aryl methyl sites for hydroxylation is 2. The molecule has 0 aliphatic rings. The maximum absolute atomic E-state index is 5.92. The van der Waals surface area contributed by atoms with E-state index in [1.54, 1.807) is 0 Å². The molecule has 2 rings (SSSR count). The smallest absolute Gasteiger partial charge is 0.0275 e. The molecule has 176 valence electrons. The molecule has 33 heavy (non-hydrogen) atoms. The van der Waals surface area contributed by atoms with Crippen molar-refractivity contribution in [3.8, 4) is 0 Å². The van der Waals surface area contributed by atoms with E-state index in [1.807, 2.05) is 13.1 Å². The van der Waals surface area contributed by atoms with Gasteiger partial charge in [-0.3, -0.25) is 0 Å². The van der Waals surface area contributed by atoms with Gasteiger partial charge in [0.1, 0.15) is 0 Å². The third-order valence-corrected chi connectivity index (χ3v) is 6.61. The van der Waals surface area contributed by atoms with Crippen LogP contribution in [0.3, 0.4) is 0 Å². The number of nitrogens with two attached hydrogens (primary N) is 1. The van der Waals surface area contributed by atoms with Crippen molar-refractivity contribution in [3.05, 3.63) is 106 Å². The van der Waals surface area contributed by atoms with Crippen LogP contribution in [-0.2, 0) is 19.3 Å². The van der Waals surface area contributed by atoms with Gasteiger partial charge in [-0.25, -0.2) is 0 Å². The zero-order valence-corrected chi connectivity index (χ0v) is 21.1. The number of likely N-dealkylation sites (N-methyl/N-ethyl adjacent to an activating group) is 1. The predicted molar refractivity (Wildman–Crippen MR) is 145 cm³/mol. The van der Waals surface area contributed by atoms with Crippen molar-refractivity contribution in [3.63, 3.8) is 0 Å². The molecule has 1 unspecified atom stereocenters. The first-order chi connectivity index (χ1) is 15.9. The Morgan fingerprint density at radius 3 is 2.45 bits per heavy atom. The molecule has 2 heteroatoms. The minimum absolute atomic E-state index is 0.000577. The Kier molecular flexibility index (Phi) is 11.1. The topological polar surface area (TPSA) is 38.0 Å². The summed E-state index contributed by atoms with van der Waals surface area (Å²) in [6.07, 6.45) is 12.8. The van der Waals surface area contributed by atoms with E-state index in [1.165, 1.54) is 33.4 Å². The van der Waals surface area contributed by atoms with Crippen LogP contribution in [0.15, 0.2) is 84.1 Å². The SMILES string of the molecule is C=C=Cc1cc(CCc2ccccc2)ccc1C/C(=C/C=C(\C)CCC(C)(CN)NC)CC. The van der Waals surface area contributed by atoms with E-state index in [0.717, 1.165) is 38.5 Å². The van der Waals surface area contributed by atoms with Gasteiger partial charge in [0, 0.05) is 12.1 Å². The number of hydrogen-bond acceptors (Lipinski definition) is 2. The van der Waals surface area contributed by atoms with Gasteiger partial charge in [-0.05, 0) is 87.7 Å². The van der Waals surface area contributed by atoms with Gasteiger partial charge in [-0.15, -0.1) is 5.73 Å². The fourth-order valence-electron chi connectivity index (χ4n) is 3.83. The molecule has 0 radical (unpaired) electrons. The summed E-state index contributed by atoms with van der Waals surface area (Å²) in [6.45, 7) is 11.1. The van der Waals surface area contributed by atoms with E-state index in [0.29, 0.717) is 6.54 Å². The minimum Gasteiger partial charge on any atom is -0.329 e. The van der Waals surface area contributed by atoms with Crippen LogP contribution in [0.4, 0.5) is 0 Å². The fraction of sp³-hybridized carbons (Fsp3) is 0.387. The van der Waals surface area contributed by atoms with Crippen molar-refractivity contribution in [2.24, 2.45) is 5.73 Å². The number of nitrogens with one attached hydrogen (secondary N) is 1. The van der Waals surface area contributed by atoms with Crippen LogP contribution in [0, 0.1) is 0 Å². The lowest BCUT2D eigenvalue weighted by molar-refractivity contribution is 0.367. The molecule has 0 saturated heterocycles. The molecule has 0 aliphatic heterocycles. The number of benzene rings is 2. The van der Waals surface area contributed by atoms with Crippen LogP contribution < -0.4 is 11.1 Å². The van der Waals surface area contributed by atoms with Gasteiger partial charge in [0.2, 0.25) is 0 Å². The Morgan fingerprint density at radius 1 is 1.09 bits per heavy atom. The lowest BCUT2D eigenvalue weighted by Gasteiger charge is -2.27. The first-order valence-electron chi connectivity index (χ1n) is 12.2. The third kappa shape index (κ3) is 9.02. The van der Waals surface area contributed by atoms with Crippen LogP contribution in [0.2, 0.25) is 0 Å². The van der Waals surface area contributed by atoms with Crippen LogP contribution in [0.5, 0.6) is 0 Å². The Bertz CT molecular complexity index is 971. The molecule has 2 aromatic rings. The second-order valence-electron chi connectivity index (χ2n) is 9.25. The number of rotatable bonds is 13. The van der Waals surface area contributed by atoms with Gasteiger partial charge in [0.05, 0.1) is 0 Å². The van der Waals surface area contributed by atoms with E-state index in [9.17, 15) is 0 Å². The highest BCUT2D eigenvalue weighted by atomic mass is 15.0. The van der Waals surface area contributed by atoms with Crippen LogP contribution in [0.1, 0.15) is 62.3 Å². The fourth-order valence-corrected chi connectivity index (χ4v) is 3.83. The summed E-state index contributed by atoms with van der Waals surface area (Å²) in [6, 6.07) is 17.5. The van der Waals surface area contributed by atoms with Crippen molar-refractivity contribution < 1.29 is 0 Å². The molecule has 2 nitrogen and oxygen atoms in total. The lowest BCUT2D eigenvalue weighted by atomic mass is 9.93. The van der Waals surface area contributed by atoms with Crippen LogP contribution in [0.25, 0.3) is 6.08 Å². The Labute approximate surface area is 202 Å². The zero-order valence-electron chi connectivity index (χ0n) is 21.1. The first kappa shape index (κ1) is 26.6. The summed E-state index contributed by atoms with van der Waals surface area (Å²) >= 11 is 0. The van der Waals surface area contributed by atoms with E-state index < -0.39 is 0 Å². The highest BCUT2D eigenvalue weighted by Gasteiger charge is 2.18. The second-order valence-corrected chi connectivity index (χ2v) is 9.25. The highest BCUT2D eigenvalue weighted by Crippen LogP contribution is 2.21. The second kappa shape index (κ2) is 13.8. The van der Waals surface area contributed by atoms with Gasteiger partial charge >= 0.3 is 0 Å². The molecular weight excluding hydrogens is 400 g/mol.